The van der Waals surface area contributed by atoms with Gasteiger partial charge in [-0.25, -0.2) is 4.98 Å². The quantitative estimate of drug-likeness (QED) is 0.657. The maximum absolute atomic E-state index is 7.29. The molecule has 2 aromatic rings. The van der Waals surface area contributed by atoms with E-state index in [1.165, 1.54) is 6.20 Å². The monoisotopic (exact) mass is 262 g/mol. The third kappa shape index (κ3) is 2.75. The predicted molar refractivity (Wildman–Crippen MR) is 69.3 cm³/mol. The molecule has 1 aromatic carbocycles. The van der Waals surface area contributed by atoms with Crippen LogP contribution in [0.25, 0.3) is 0 Å². The molecule has 0 atom stereocenters. The molecule has 6 heteroatoms. The van der Waals surface area contributed by atoms with Crippen molar-refractivity contribution in [3.63, 3.8) is 0 Å². The van der Waals surface area contributed by atoms with Crippen LogP contribution in [0.5, 0.6) is 11.8 Å². The zero-order chi connectivity index (χ0) is 13.1. The zero-order valence-corrected chi connectivity index (χ0v) is 10.4. The first-order valence-electron chi connectivity index (χ1n) is 5.17. The molecule has 0 amide bonds. The minimum absolute atomic E-state index is 0.130. The highest BCUT2D eigenvalue weighted by Gasteiger charge is 2.05. The summed E-state index contributed by atoms with van der Waals surface area (Å²) in [7, 11) is 0. The van der Waals surface area contributed by atoms with Gasteiger partial charge in [-0.2, -0.15) is 4.98 Å². The van der Waals surface area contributed by atoms with Crippen molar-refractivity contribution in [3.8, 4) is 11.8 Å². The van der Waals surface area contributed by atoms with Crippen molar-refractivity contribution in [3.05, 3.63) is 46.7 Å². The average molecular weight is 263 g/mol. The van der Waals surface area contributed by atoms with Crippen molar-refractivity contribution in [1.29, 1.82) is 5.41 Å². The molecule has 5 nitrogen and oxygen atoms in total. The molecule has 2 rings (SSSR count). The maximum Gasteiger partial charge on any atom is 0.322 e. The van der Waals surface area contributed by atoms with Crippen molar-refractivity contribution in [1.82, 2.24) is 9.97 Å². The number of ether oxygens (including phenoxy) is 1. The van der Waals surface area contributed by atoms with E-state index in [4.69, 9.17) is 27.5 Å². The first-order chi connectivity index (χ1) is 8.56. The first kappa shape index (κ1) is 12.3. The summed E-state index contributed by atoms with van der Waals surface area (Å²) >= 11 is 5.92. The van der Waals surface area contributed by atoms with Crippen molar-refractivity contribution in [2.75, 3.05) is 0 Å². The van der Waals surface area contributed by atoms with Crippen LogP contribution >= 0.6 is 11.6 Å². The van der Waals surface area contributed by atoms with Gasteiger partial charge in [-0.1, -0.05) is 11.6 Å². The number of amidine groups is 1. The summed E-state index contributed by atoms with van der Waals surface area (Å²) in [5, 5.41) is 7.96. The van der Waals surface area contributed by atoms with Crippen LogP contribution in [0, 0.1) is 12.3 Å². The number of halogens is 1. The molecule has 3 N–H and O–H groups in total. The third-order valence-electron chi connectivity index (χ3n) is 2.25. The molecule has 0 fully saturated rings. The Bertz CT molecular complexity index is 600. The Labute approximate surface area is 109 Å². The normalized spacial score (nSPS) is 10.1. The van der Waals surface area contributed by atoms with Gasteiger partial charge >= 0.3 is 6.01 Å². The van der Waals surface area contributed by atoms with E-state index in [1.807, 2.05) is 6.92 Å². The number of nitrogens with one attached hydrogen (secondary N) is 1. The SMILES string of the molecule is Cc1cc(Oc2nccc(C(=N)N)n2)ccc1Cl. The molecule has 0 aliphatic heterocycles. The molecular formula is C12H11ClN4O. The van der Waals surface area contributed by atoms with Crippen molar-refractivity contribution < 1.29 is 4.74 Å². The van der Waals surface area contributed by atoms with Crippen LogP contribution in [0.2, 0.25) is 5.02 Å². The Balaban J connectivity index is 2.25. The van der Waals surface area contributed by atoms with Crippen molar-refractivity contribution in [2.24, 2.45) is 5.73 Å². The van der Waals surface area contributed by atoms with E-state index in [2.05, 4.69) is 9.97 Å². The predicted octanol–water partition coefficient (Wildman–Crippen LogP) is 2.51. The van der Waals surface area contributed by atoms with Gasteiger partial charge in [0.2, 0.25) is 0 Å². The maximum atomic E-state index is 7.29. The van der Waals surface area contributed by atoms with Gasteiger partial charge < -0.3 is 10.5 Å². The van der Waals surface area contributed by atoms with Gasteiger partial charge in [0.15, 0.2) is 0 Å². The summed E-state index contributed by atoms with van der Waals surface area (Å²) in [4.78, 5) is 7.95. The molecule has 0 radical (unpaired) electrons. The summed E-state index contributed by atoms with van der Waals surface area (Å²) in [5.74, 6) is 0.451. The average Bonchev–Trinajstić information content (AvgIpc) is 2.34. The lowest BCUT2D eigenvalue weighted by atomic mass is 10.2. The van der Waals surface area contributed by atoms with Crippen LogP contribution in [0.4, 0.5) is 0 Å². The highest BCUT2D eigenvalue weighted by molar-refractivity contribution is 6.31. The van der Waals surface area contributed by atoms with Crippen LogP contribution in [0.1, 0.15) is 11.3 Å². The second kappa shape index (κ2) is 5.01. The highest BCUT2D eigenvalue weighted by atomic mass is 35.5. The number of nitrogen functional groups attached to an aromatic ring is 1. The van der Waals surface area contributed by atoms with E-state index >= 15 is 0 Å². The van der Waals surface area contributed by atoms with E-state index in [1.54, 1.807) is 24.3 Å². The number of hydrogen-bond acceptors (Lipinski definition) is 4. The fourth-order valence-corrected chi connectivity index (χ4v) is 1.44. The number of aryl methyl sites for hydroxylation is 1. The standard InChI is InChI=1S/C12H11ClN4O/c1-7-6-8(2-3-9(7)13)18-12-16-5-4-10(17-12)11(14)15/h2-6H,1H3,(H3,14,15). The molecule has 0 saturated carbocycles. The first-order valence-corrected chi connectivity index (χ1v) is 5.55. The van der Waals surface area contributed by atoms with E-state index < -0.39 is 0 Å². The smallest absolute Gasteiger partial charge is 0.322 e. The second-order valence-electron chi connectivity index (χ2n) is 3.65. The third-order valence-corrected chi connectivity index (χ3v) is 2.67. The van der Waals surface area contributed by atoms with Gasteiger partial charge in [0.05, 0.1) is 0 Å². The van der Waals surface area contributed by atoms with Crippen LogP contribution in [-0.2, 0) is 0 Å². The lowest BCUT2D eigenvalue weighted by Crippen LogP contribution is -2.13. The molecule has 1 aromatic heterocycles. The van der Waals surface area contributed by atoms with E-state index in [9.17, 15) is 0 Å². The van der Waals surface area contributed by atoms with Crippen LogP contribution in [0.15, 0.2) is 30.5 Å². The van der Waals surface area contributed by atoms with E-state index in [-0.39, 0.29) is 11.8 Å². The summed E-state index contributed by atoms with van der Waals surface area (Å²) < 4.78 is 5.47. The Hall–Kier alpha value is -2.14. The van der Waals surface area contributed by atoms with Gasteiger partial charge in [-0.15, -0.1) is 0 Å². The summed E-state index contributed by atoms with van der Waals surface area (Å²) in [6, 6.07) is 6.93. The Morgan fingerprint density at radius 2 is 2.17 bits per heavy atom. The molecule has 0 spiro atoms. The minimum Gasteiger partial charge on any atom is -0.424 e. The van der Waals surface area contributed by atoms with Crippen LogP contribution < -0.4 is 10.5 Å². The molecule has 0 bridgehead atoms. The van der Waals surface area contributed by atoms with E-state index in [0.717, 1.165) is 5.56 Å². The van der Waals surface area contributed by atoms with Crippen LogP contribution in [-0.4, -0.2) is 15.8 Å². The fraction of sp³-hybridized carbons (Fsp3) is 0.0833. The Morgan fingerprint density at radius 3 is 2.83 bits per heavy atom. The number of nitrogens with zero attached hydrogens (tertiary/aromatic N) is 2. The molecule has 0 unspecified atom stereocenters. The molecular weight excluding hydrogens is 252 g/mol. The molecule has 0 aliphatic rings. The summed E-state index contributed by atoms with van der Waals surface area (Å²) in [6.45, 7) is 1.88. The Kier molecular flexibility index (Phi) is 3.43. The number of nitrogens with two attached hydrogens (primary N) is 1. The number of rotatable bonds is 3. The molecule has 1 heterocycles. The molecule has 92 valence electrons. The largest absolute Gasteiger partial charge is 0.424 e. The number of aromatic nitrogens is 2. The zero-order valence-electron chi connectivity index (χ0n) is 9.64. The van der Waals surface area contributed by atoms with E-state index in [0.29, 0.717) is 16.5 Å². The van der Waals surface area contributed by atoms with Gasteiger partial charge in [0, 0.05) is 11.2 Å². The molecule has 18 heavy (non-hydrogen) atoms. The summed E-state index contributed by atoms with van der Waals surface area (Å²) in [6.07, 6.45) is 1.49. The van der Waals surface area contributed by atoms with Crippen molar-refractivity contribution >= 4 is 17.4 Å². The van der Waals surface area contributed by atoms with Gasteiger partial charge in [-0.05, 0) is 36.8 Å². The molecule has 0 aliphatic carbocycles. The Morgan fingerprint density at radius 1 is 1.39 bits per heavy atom. The van der Waals surface area contributed by atoms with Crippen LogP contribution in [0.3, 0.4) is 0 Å². The van der Waals surface area contributed by atoms with Crippen molar-refractivity contribution in [2.45, 2.75) is 6.92 Å². The minimum atomic E-state index is -0.130. The lowest BCUT2D eigenvalue weighted by Gasteiger charge is -2.06. The fourth-order valence-electron chi connectivity index (χ4n) is 1.33. The molecule has 0 saturated heterocycles. The van der Waals surface area contributed by atoms with Gasteiger partial charge in [0.1, 0.15) is 17.3 Å². The van der Waals surface area contributed by atoms with Gasteiger partial charge in [0.25, 0.3) is 0 Å². The number of hydrogen-bond donors (Lipinski definition) is 2. The summed E-state index contributed by atoms with van der Waals surface area (Å²) in [5.41, 5.74) is 6.56. The number of benzene rings is 1. The lowest BCUT2D eigenvalue weighted by molar-refractivity contribution is 0.441. The topological polar surface area (TPSA) is 84.9 Å². The second-order valence-corrected chi connectivity index (χ2v) is 4.06. The van der Waals surface area contributed by atoms with Gasteiger partial charge in [-0.3, -0.25) is 5.41 Å². The highest BCUT2D eigenvalue weighted by Crippen LogP contribution is 2.23.